The number of piperidine rings is 1. The Balaban J connectivity index is 1.62. The van der Waals surface area contributed by atoms with Crippen LogP contribution in [0.1, 0.15) is 36.8 Å². The molecule has 23 heavy (non-hydrogen) atoms. The van der Waals surface area contributed by atoms with Crippen LogP contribution in [0.2, 0.25) is 0 Å². The van der Waals surface area contributed by atoms with E-state index >= 15 is 0 Å². The molecule has 118 valence electrons. The molecular weight excluding hydrogens is 348 g/mol. The summed E-state index contributed by atoms with van der Waals surface area (Å²) < 4.78 is 0.973. The van der Waals surface area contributed by atoms with E-state index in [9.17, 15) is 0 Å². The molecule has 1 fully saturated rings. The van der Waals surface area contributed by atoms with Gasteiger partial charge in [0.2, 0.25) is 0 Å². The highest BCUT2D eigenvalue weighted by molar-refractivity contribution is 9.10. The van der Waals surface area contributed by atoms with Gasteiger partial charge in [0.1, 0.15) is 4.60 Å². The smallest absolute Gasteiger partial charge is 0.113 e. The topological polar surface area (TPSA) is 16.1 Å². The standard InChI is InChI=1S/C20H21BrN2/c21-20-19(10-5-11-22-20)16-12-17-8-4-9-18(13-16)23(17)14-15-6-2-1-3-7-15/h1-3,5-7,10-12,17-18H,4,8-9,13-14H2. The van der Waals surface area contributed by atoms with Gasteiger partial charge in [-0.1, -0.05) is 48.9 Å². The van der Waals surface area contributed by atoms with E-state index < -0.39 is 0 Å². The molecule has 2 aromatic rings. The quantitative estimate of drug-likeness (QED) is 0.704. The third-order valence-electron chi connectivity index (χ3n) is 5.09. The van der Waals surface area contributed by atoms with Gasteiger partial charge in [-0.2, -0.15) is 0 Å². The second-order valence-corrected chi connectivity index (χ2v) is 7.30. The molecule has 0 radical (unpaired) electrons. The van der Waals surface area contributed by atoms with Crippen molar-refractivity contribution in [2.75, 3.05) is 0 Å². The Morgan fingerprint density at radius 3 is 2.74 bits per heavy atom. The molecular formula is C20H21BrN2. The zero-order valence-corrected chi connectivity index (χ0v) is 14.7. The van der Waals surface area contributed by atoms with Crippen molar-refractivity contribution < 1.29 is 0 Å². The average molecular weight is 369 g/mol. The number of pyridine rings is 1. The van der Waals surface area contributed by atoms with E-state index in [0.717, 1.165) is 17.6 Å². The number of aromatic nitrogens is 1. The van der Waals surface area contributed by atoms with Crippen molar-refractivity contribution in [1.29, 1.82) is 0 Å². The van der Waals surface area contributed by atoms with Crippen molar-refractivity contribution in [2.45, 2.75) is 44.3 Å². The molecule has 2 aliphatic rings. The maximum absolute atomic E-state index is 4.40. The molecule has 1 aromatic carbocycles. The number of hydrogen-bond donors (Lipinski definition) is 0. The van der Waals surface area contributed by atoms with E-state index in [-0.39, 0.29) is 0 Å². The summed E-state index contributed by atoms with van der Waals surface area (Å²) in [5.74, 6) is 0. The summed E-state index contributed by atoms with van der Waals surface area (Å²) in [5.41, 5.74) is 4.15. The number of rotatable bonds is 3. The SMILES string of the molecule is Brc1ncccc1C1=CC2CCCC(C1)N2Cc1ccccc1. The fourth-order valence-electron chi connectivity index (χ4n) is 3.98. The van der Waals surface area contributed by atoms with Gasteiger partial charge in [0.15, 0.2) is 0 Å². The number of benzene rings is 1. The number of fused-ring (bicyclic) bond motifs is 2. The van der Waals surface area contributed by atoms with Crippen molar-refractivity contribution in [2.24, 2.45) is 0 Å². The van der Waals surface area contributed by atoms with Gasteiger partial charge in [-0.25, -0.2) is 4.98 Å². The van der Waals surface area contributed by atoms with Crippen LogP contribution in [-0.2, 0) is 6.54 Å². The molecule has 1 aromatic heterocycles. The molecule has 0 amide bonds. The van der Waals surface area contributed by atoms with Crippen molar-refractivity contribution in [3.8, 4) is 0 Å². The van der Waals surface area contributed by atoms with Gasteiger partial charge in [-0.05, 0) is 52.4 Å². The molecule has 2 atom stereocenters. The minimum absolute atomic E-state index is 0.560. The Bertz CT molecular complexity index is 711. The largest absolute Gasteiger partial charge is 0.289 e. The van der Waals surface area contributed by atoms with Crippen LogP contribution in [0.15, 0.2) is 59.3 Å². The Kier molecular flexibility index (Phi) is 4.32. The minimum atomic E-state index is 0.560. The fraction of sp³-hybridized carbons (Fsp3) is 0.350. The van der Waals surface area contributed by atoms with Gasteiger partial charge in [-0.15, -0.1) is 0 Å². The second kappa shape index (κ2) is 6.58. The van der Waals surface area contributed by atoms with Crippen LogP contribution in [0.25, 0.3) is 5.57 Å². The molecule has 3 heterocycles. The first kappa shape index (κ1) is 15.1. The van der Waals surface area contributed by atoms with Crippen LogP contribution in [0, 0.1) is 0 Å². The highest BCUT2D eigenvalue weighted by atomic mass is 79.9. The zero-order valence-electron chi connectivity index (χ0n) is 13.2. The molecule has 4 rings (SSSR count). The fourth-order valence-corrected chi connectivity index (χ4v) is 4.49. The second-order valence-electron chi connectivity index (χ2n) is 6.55. The number of halogens is 1. The first-order valence-electron chi connectivity index (χ1n) is 8.42. The van der Waals surface area contributed by atoms with Crippen LogP contribution >= 0.6 is 15.9 Å². The lowest BCUT2D eigenvalue weighted by molar-refractivity contribution is 0.0951. The summed E-state index contributed by atoms with van der Waals surface area (Å²) in [5, 5.41) is 0. The summed E-state index contributed by atoms with van der Waals surface area (Å²) in [7, 11) is 0. The molecule has 2 bridgehead atoms. The van der Waals surface area contributed by atoms with Crippen molar-refractivity contribution in [3.05, 3.63) is 70.5 Å². The van der Waals surface area contributed by atoms with Crippen molar-refractivity contribution in [1.82, 2.24) is 9.88 Å². The summed E-state index contributed by atoms with van der Waals surface area (Å²) in [6.45, 7) is 1.06. The van der Waals surface area contributed by atoms with Gasteiger partial charge in [0.25, 0.3) is 0 Å². The van der Waals surface area contributed by atoms with Gasteiger partial charge in [0, 0.05) is 30.4 Å². The molecule has 1 saturated heterocycles. The Hall–Kier alpha value is -1.45. The number of hydrogen-bond acceptors (Lipinski definition) is 2. The lowest BCUT2D eigenvalue weighted by Crippen LogP contribution is -2.47. The van der Waals surface area contributed by atoms with E-state index in [1.54, 1.807) is 0 Å². The lowest BCUT2D eigenvalue weighted by Gasteiger charge is -2.45. The van der Waals surface area contributed by atoms with E-state index in [1.165, 1.54) is 36.0 Å². The van der Waals surface area contributed by atoms with Crippen LogP contribution < -0.4 is 0 Å². The lowest BCUT2D eigenvalue weighted by atomic mass is 9.83. The van der Waals surface area contributed by atoms with Crippen LogP contribution in [0.3, 0.4) is 0 Å². The van der Waals surface area contributed by atoms with E-state index in [2.05, 4.69) is 68.3 Å². The van der Waals surface area contributed by atoms with Crippen LogP contribution in [-0.4, -0.2) is 22.0 Å². The van der Waals surface area contributed by atoms with Crippen molar-refractivity contribution in [3.63, 3.8) is 0 Å². The van der Waals surface area contributed by atoms with Crippen molar-refractivity contribution >= 4 is 21.5 Å². The molecule has 2 nitrogen and oxygen atoms in total. The highest BCUT2D eigenvalue weighted by Gasteiger charge is 2.34. The Morgan fingerprint density at radius 2 is 1.96 bits per heavy atom. The van der Waals surface area contributed by atoms with E-state index in [1.807, 2.05) is 12.3 Å². The maximum atomic E-state index is 4.40. The molecule has 0 N–H and O–H groups in total. The third-order valence-corrected chi connectivity index (χ3v) is 5.73. The Labute approximate surface area is 146 Å². The molecule has 2 unspecified atom stereocenters. The summed E-state index contributed by atoms with van der Waals surface area (Å²) >= 11 is 3.61. The first-order chi connectivity index (χ1) is 11.3. The third kappa shape index (κ3) is 3.13. The van der Waals surface area contributed by atoms with Gasteiger partial charge in [-0.3, -0.25) is 4.90 Å². The zero-order chi connectivity index (χ0) is 15.6. The maximum Gasteiger partial charge on any atom is 0.113 e. The average Bonchev–Trinajstić information content (AvgIpc) is 2.56. The molecule has 3 heteroatoms. The summed E-state index contributed by atoms with van der Waals surface area (Å²) in [4.78, 5) is 7.10. The van der Waals surface area contributed by atoms with Gasteiger partial charge < -0.3 is 0 Å². The van der Waals surface area contributed by atoms with Gasteiger partial charge >= 0.3 is 0 Å². The highest BCUT2D eigenvalue weighted by Crippen LogP contribution is 2.39. The predicted molar refractivity (Wildman–Crippen MR) is 97.9 cm³/mol. The molecule has 0 saturated carbocycles. The monoisotopic (exact) mass is 368 g/mol. The van der Waals surface area contributed by atoms with Gasteiger partial charge in [0.05, 0.1) is 0 Å². The normalized spacial score (nSPS) is 24.3. The minimum Gasteiger partial charge on any atom is -0.289 e. The number of nitrogens with zero attached hydrogens (tertiary/aromatic N) is 2. The predicted octanol–water partition coefficient (Wildman–Crippen LogP) is 5.05. The summed E-state index contributed by atoms with van der Waals surface area (Å²) in [6, 6.07) is 16.3. The molecule has 0 aliphatic carbocycles. The molecule has 2 aliphatic heterocycles. The van der Waals surface area contributed by atoms with E-state index in [4.69, 9.17) is 0 Å². The molecule has 0 spiro atoms. The van der Waals surface area contributed by atoms with Crippen LogP contribution in [0.5, 0.6) is 0 Å². The summed E-state index contributed by atoms with van der Waals surface area (Å²) in [6.07, 6.45) is 9.38. The first-order valence-corrected chi connectivity index (χ1v) is 9.22. The Morgan fingerprint density at radius 1 is 1.09 bits per heavy atom. The van der Waals surface area contributed by atoms with Crippen LogP contribution in [0.4, 0.5) is 0 Å². The van der Waals surface area contributed by atoms with E-state index in [0.29, 0.717) is 12.1 Å².